The first-order valence-corrected chi connectivity index (χ1v) is 4.95. The van der Waals surface area contributed by atoms with Crippen LogP contribution in [-0.2, 0) is 4.74 Å². The van der Waals surface area contributed by atoms with Crippen molar-refractivity contribution >= 4 is 15.9 Å². The molecule has 0 aliphatic heterocycles. The minimum Gasteiger partial charge on any atom is -0.383 e. The van der Waals surface area contributed by atoms with Gasteiger partial charge in [-0.1, -0.05) is 28.1 Å². The number of hydrogen-bond donors (Lipinski definition) is 1. The molecular formula is C10H14BrNO. The van der Waals surface area contributed by atoms with Gasteiger partial charge in [0.1, 0.15) is 0 Å². The molecule has 0 bridgehead atoms. The van der Waals surface area contributed by atoms with Crippen molar-refractivity contribution in [3.63, 3.8) is 0 Å². The Kier molecular flexibility index (Phi) is 3.90. The van der Waals surface area contributed by atoms with Crippen molar-refractivity contribution in [3.8, 4) is 0 Å². The van der Waals surface area contributed by atoms with E-state index in [1.807, 2.05) is 12.1 Å². The van der Waals surface area contributed by atoms with Crippen LogP contribution in [0.4, 0.5) is 0 Å². The third-order valence-electron chi connectivity index (χ3n) is 1.97. The molecule has 2 N–H and O–H groups in total. The van der Waals surface area contributed by atoms with Crippen LogP contribution in [0.1, 0.15) is 17.2 Å². The van der Waals surface area contributed by atoms with E-state index < -0.39 is 0 Å². The minimum absolute atomic E-state index is 0.0399. The van der Waals surface area contributed by atoms with Crippen molar-refractivity contribution in [2.75, 3.05) is 13.7 Å². The fraction of sp³-hybridized carbons (Fsp3) is 0.400. The molecule has 0 heterocycles. The number of hydrogen-bond acceptors (Lipinski definition) is 2. The van der Waals surface area contributed by atoms with E-state index >= 15 is 0 Å². The van der Waals surface area contributed by atoms with Crippen LogP contribution in [0.15, 0.2) is 22.7 Å². The van der Waals surface area contributed by atoms with Crippen LogP contribution in [0, 0.1) is 6.92 Å². The second-order valence-corrected chi connectivity index (χ2v) is 3.92. The van der Waals surface area contributed by atoms with Gasteiger partial charge in [-0.05, 0) is 24.1 Å². The zero-order valence-corrected chi connectivity index (χ0v) is 9.47. The van der Waals surface area contributed by atoms with Gasteiger partial charge >= 0.3 is 0 Å². The van der Waals surface area contributed by atoms with Gasteiger partial charge in [0, 0.05) is 11.6 Å². The second-order valence-electron chi connectivity index (χ2n) is 3.07. The Morgan fingerprint density at radius 3 is 2.77 bits per heavy atom. The Morgan fingerprint density at radius 2 is 2.23 bits per heavy atom. The van der Waals surface area contributed by atoms with Crippen LogP contribution >= 0.6 is 15.9 Å². The molecule has 0 radical (unpaired) electrons. The molecule has 1 atom stereocenters. The molecule has 3 heteroatoms. The fourth-order valence-corrected chi connectivity index (χ4v) is 1.51. The van der Waals surface area contributed by atoms with Crippen LogP contribution in [0.2, 0.25) is 0 Å². The van der Waals surface area contributed by atoms with Crippen LogP contribution < -0.4 is 5.73 Å². The van der Waals surface area contributed by atoms with Gasteiger partial charge < -0.3 is 10.5 Å². The van der Waals surface area contributed by atoms with Crippen molar-refractivity contribution in [3.05, 3.63) is 33.8 Å². The molecule has 0 aliphatic rings. The van der Waals surface area contributed by atoms with Gasteiger partial charge in [-0.2, -0.15) is 0 Å². The molecule has 1 rings (SSSR count). The average Bonchev–Trinajstić information content (AvgIpc) is 2.10. The monoisotopic (exact) mass is 243 g/mol. The van der Waals surface area contributed by atoms with Gasteiger partial charge in [-0.25, -0.2) is 0 Å². The summed E-state index contributed by atoms with van der Waals surface area (Å²) in [6.07, 6.45) is 0. The van der Waals surface area contributed by atoms with E-state index in [0.717, 1.165) is 10.0 Å². The van der Waals surface area contributed by atoms with E-state index in [1.54, 1.807) is 7.11 Å². The number of methoxy groups -OCH3 is 1. The highest BCUT2D eigenvalue weighted by molar-refractivity contribution is 9.10. The first-order valence-electron chi connectivity index (χ1n) is 4.15. The van der Waals surface area contributed by atoms with Crippen molar-refractivity contribution in [1.29, 1.82) is 0 Å². The maximum atomic E-state index is 5.88. The highest BCUT2D eigenvalue weighted by Gasteiger charge is 2.06. The van der Waals surface area contributed by atoms with Gasteiger partial charge in [0.2, 0.25) is 0 Å². The quantitative estimate of drug-likeness (QED) is 0.886. The summed E-state index contributed by atoms with van der Waals surface area (Å²) in [6.45, 7) is 2.60. The van der Waals surface area contributed by atoms with Crippen molar-refractivity contribution in [1.82, 2.24) is 0 Å². The van der Waals surface area contributed by atoms with E-state index in [1.165, 1.54) is 5.56 Å². The van der Waals surface area contributed by atoms with Gasteiger partial charge in [-0.15, -0.1) is 0 Å². The number of rotatable bonds is 3. The summed E-state index contributed by atoms with van der Waals surface area (Å²) in [5.74, 6) is 0. The zero-order chi connectivity index (χ0) is 9.84. The van der Waals surface area contributed by atoms with Gasteiger partial charge in [0.25, 0.3) is 0 Å². The first-order chi connectivity index (χ1) is 6.15. The largest absolute Gasteiger partial charge is 0.383 e. The normalized spacial score (nSPS) is 12.9. The number of benzene rings is 1. The van der Waals surface area contributed by atoms with E-state index in [0.29, 0.717) is 6.61 Å². The molecule has 0 amide bonds. The van der Waals surface area contributed by atoms with Crippen molar-refractivity contribution in [2.24, 2.45) is 5.73 Å². The SMILES string of the molecule is COC[C@H](N)c1ccc(C)c(Br)c1. The second kappa shape index (κ2) is 4.74. The molecule has 13 heavy (non-hydrogen) atoms. The topological polar surface area (TPSA) is 35.2 Å². The molecule has 0 fully saturated rings. The average molecular weight is 244 g/mol. The van der Waals surface area contributed by atoms with Gasteiger partial charge in [0.05, 0.1) is 12.6 Å². The Hall–Kier alpha value is -0.380. The highest BCUT2D eigenvalue weighted by atomic mass is 79.9. The first kappa shape index (κ1) is 10.7. The molecule has 1 aromatic carbocycles. The Bertz CT molecular complexity index is 288. The summed E-state index contributed by atoms with van der Waals surface area (Å²) in [7, 11) is 1.66. The van der Waals surface area contributed by atoms with Crippen LogP contribution in [-0.4, -0.2) is 13.7 Å². The fourth-order valence-electron chi connectivity index (χ4n) is 1.12. The van der Waals surface area contributed by atoms with Crippen LogP contribution in [0.25, 0.3) is 0 Å². The summed E-state index contributed by atoms with van der Waals surface area (Å²) in [4.78, 5) is 0. The van der Waals surface area contributed by atoms with Crippen molar-refractivity contribution in [2.45, 2.75) is 13.0 Å². The molecular weight excluding hydrogens is 230 g/mol. The summed E-state index contributed by atoms with van der Waals surface area (Å²) in [5.41, 5.74) is 8.19. The molecule has 0 spiro atoms. The molecule has 2 nitrogen and oxygen atoms in total. The Morgan fingerprint density at radius 1 is 1.54 bits per heavy atom. The lowest BCUT2D eigenvalue weighted by atomic mass is 10.1. The zero-order valence-electron chi connectivity index (χ0n) is 7.88. The number of nitrogens with two attached hydrogens (primary N) is 1. The minimum atomic E-state index is -0.0399. The van der Waals surface area contributed by atoms with Crippen LogP contribution in [0.5, 0.6) is 0 Å². The molecule has 0 saturated heterocycles. The summed E-state index contributed by atoms with van der Waals surface area (Å²) in [5, 5.41) is 0. The standard InChI is InChI=1S/C10H14BrNO/c1-7-3-4-8(5-9(7)11)10(12)6-13-2/h3-5,10H,6,12H2,1-2H3/t10-/m0/s1. The number of aryl methyl sites for hydroxylation is 1. The van der Waals surface area contributed by atoms with Crippen molar-refractivity contribution < 1.29 is 4.74 Å². The van der Waals surface area contributed by atoms with E-state index in [-0.39, 0.29) is 6.04 Å². The summed E-state index contributed by atoms with van der Waals surface area (Å²) in [6, 6.07) is 6.08. The molecule has 1 aromatic rings. The van der Waals surface area contributed by atoms with Gasteiger partial charge in [0.15, 0.2) is 0 Å². The predicted octanol–water partition coefficient (Wildman–Crippen LogP) is 2.40. The maximum Gasteiger partial charge on any atom is 0.0655 e. The van der Waals surface area contributed by atoms with Gasteiger partial charge in [-0.3, -0.25) is 0 Å². The van der Waals surface area contributed by atoms with E-state index in [4.69, 9.17) is 10.5 Å². The lowest BCUT2D eigenvalue weighted by Crippen LogP contribution is -2.15. The Balaban J connectivity index is 2.84. The summed E-state index contributed by atoms with van der Waals surface area (Å²) < 4.78 is 6.08. The number of ether oxygens (including phenoxy) is 1. The Labute approximate surface area is 87.2 Å². The molecule has 0 saturated carbocycles. The summed E-state index contributed by atoms with van der Waals surface area (Å²) >= 11 is 3.47. The molecule has 0 aromatic heterocycles. The van der Waals surface area contributed by atoms with Crippen LogP contribution in [0.3, 0.4) is 0 Å². The van der Waals surface area contributed by atoms with E-state index in [2.05, 4.69) is 28.9 Å². The predicted molar refractivity (Wildman–Crippen MR) is 57.7 cm³/mol. The van der Waals surface area contributed by atoms with E-state index in [9.17, 15) is 0 Å². The third-order valence-corrected chi connectivity index (χ3v) is 2.82. The number of halogens is 1. The molecule has 0 aliphatic carbocycles. The smallest absolute Gasteiger partial charge is 0.0655 e. The highest BCUT2D eigenvalue weighted by Crippen LogP contribution is 2.20. The molecule has 0 unspecified atom stereocenters. The maximum absolute atomic E-state index is 5.88. The third kappa shape index (κ3) is 2.79. The lowest BCUT2D eigenvalue weighted by Gasteiger charge is -2.11. The molecule has 72 valence electrons. The lowest BCUT2D eigenvalue weighted by molar-refractivity contribution is 0.181.